The fraction of sp³-hybridized carbons (Fsp3) is 0.714. The monoisotopic (exact) mass is 378 g/mol. The third-order valence-electron chi connectivity index (χ3n) is 8.55. The Balaban J connectivity index is 1.85. The minimum atomic E-state index is -2.00. The molecule has 4 aliphatic rings. The van der Waals surface area contributed by atoms with Crippen molar-refractivity contribution in [2.75, 3.05) is 0 Å². The fourth-order valence-corrected chi connectivity index (χ4v) is 7.00. The highest BCUT2D eigenvalue weighted by molar-refractivity contribution is 6.01. The highest BCUT2D eigenvalue weighted by Gasteiger charge is 2.76. The molecule has 27 heavy (non-hydrogen) atoms. The molecule has 0 aliphatic heterocycles. The Morgan fingerprint density at radius 1 is 1.30 bits per heavy atom. The number of halogens is 1. The number of alkyl halides is 1. The summed E-state index contributed by atoms with van der Waals surface area (Å²) in [6, 6.07) is 0. The zero-order chi connectivity index (χ0) is 20.0. The average Bonchev–Trinajstić information content (AvgIpc) is 2.79. The molecule has 3 N–H and O–H groups in total. The number of carbonyl (C=O) groups excluding carboxylic acids is 1. The number of aliphatic carboxylic acids is 1. The fourth-order valence-electron chi connectivity index (χ4n) is 7.00. The van der Waals surface area contributed by atoms with Gasteiger partial charge < -0.3 is 15.3 Å². The van der Waals surface area contributed by atoms with Crippen molar-refractivity contribution in [3.05, 3.63) is 23.8 Å². The van der Waals surface area contributed by atoms with Gasteiger partial charge in [0.25, 0.3) is 0 Å². The molecule has 6 heteroatoms. The Morgan fingerprint density at radius 3 is 2.59 bits per heavy atom. The maximum absolute atomic E-state index is 16.8. The largest absolute Gasteiger partial charge is 0.479 e. The van der Waals surface area contributed by atoms with E-state index in [2.05, 4.69) is 0 Å². The number of carboxylic acid groups (broad SMARTS) is 1. The van der Waals surface area contributed by atoms with Gasteiger partial charge in [-0.15, -0.1) is 0 Å². The standard InChI is InChI=1S/C21H27FO5/c1-11-8-15-14-5-4-12-9-13(23)6-7-18(12,2)20(14,22)16(24)10-19(15,3)21(11,27)17(25)26/h6-7,9,11,14-16,24,27H,4-5,8,10H2,1-3H3,(H,25,26)/t11-,14-,15-,16-,18-,19-,20-,21?/m0/s1. The molecule has 3 fully saturated rings. The van der Waals surface area contributed by atoms with Crippen LogP contribution in [0.3, 0.4) is 0 Å². The van der Waals surface area contributed by atoms with Crippen molar-refractivity contribution in [3.63, 3.8) is 0 Å². The van der Waals surface area contributed by atoms with Crippen LogP contribution in [0.15, 0.2) is 23.8 Å². The molecule has 0 amide bonds. The molecule has 148 valence electrons. The molecular weight excluding hydrogens is 351 g/mol. The lowest BCUT2D eigenvalue weighted by molar-refractivity contribution is -0.225. The minimum absolute atomic E-state index is 0.123. The van der Waals surface area contributed by atoms with E-state index in [1.54, 1.807) is 26.8 Å². The van der Waals surface area contributed by atoms with Gasteiger partial charge in [-0.2, -0.15) is 0 Å². The summed E-state index contributed by atoms with van der Waals surface area (Å²) in [4.78, 5) is 23.8. The molecule has 4 rings (SSSR count). The number of aliphatic hydroxyl groups excluding tert-OH is 1. The smallest absolute Gasteiger partial charge is 0.336 e. The van der Waals surface area contributed by atoms with Gasteiger partial charge >= 0.3 is 5.97 Å². The van der Waals surface area contributed by atoms with Crippen molar-refractivity contribution in [2.45, 2.75) is 63.8 Å². The summed E-state index contributed by atoms with van der Waals surface area (Å²) in [5, 5.41) is 31.9. The maximum Gasteiger partial charge on any atom is 0.336 e. The highest BCUT2D eigenvalue weighted by Crippen LogP contribution is 2.70. The first-order valence-corrected chi connectivity index (χ1v) is 9.70. The number of fused-ring (bicyclic) bond motifs is 5. The summed E-state index contributed by atoms with van der Waals surface area (Å²) in [7, 11) is 0. The maximum atomic E-state index is 16.8. The van der Waals surface area contributed by atoms with Crippen LogP contribution in [0.1, 0.15) is 46.5 Å². The third-order valence-corrected chi connectivity index (χ3v) is 8.55. The lowest BCUT2D eigenvalue weighted by atomic mass is 9.45. The molecule has 0 aromatic rings. The number of aliphatic hydroxyl groups is 2. The Bertz CT molecular complexity index is 789. The third kappa shape index (κ3) is 1.91. The molecule has 0 bridgehead atoms. The Labute approximate surface area is 158 Å². The minimum Gasteiger partial charge on any atom is -0.479 e. The molecular formula is C21H27FO5. The first-order valence-electron chi connectivity index (χ1n) is 9.70. The SMILES string of the molecule is C[C@H]1C[C@H]2[C@@H]3CCC4=CC(=O)C=C[C@]4(C)[C@@]3(F)[C@@H](O)C[C@]2(C)C1(O)C(=O)O. The van der Waals surface area contributed by atoms with Gasteiger partial charge in [0.2, 0.25) is 0 Å². The summed E-state index contributed by atoms with van der Waals surface area (Å²) in [6.07, 6.45) is 4.22. The first-order chi connectivity index (χ1) is 12.4. The summed E-state index contributed by atoms with van der Waals surface area (Å²) in [6.45, 7) is 5.10. The van der Waals surface area contributed by atoms with Gasteiger partial charge in [0.1, 0.15) is 0 Å². The Morgan fingerprint density at radius 2 is 1.96 bits per heavy atom. The normalized spacial score (nSPS) is 54.0. The molecule has 4 aliphatic carbocycles. The van der Waals surface area contributed by atoms with Crippen LogP contribution in [0, 0.1) is 28.6 Å². The van der Waals surface area contributed by atoms with Crippen LogP contribution in [-0.2, 0) is 9.59 Å². The van der Waals surface area contributed by atoms with E-state index < -0.39 is 46.0 Å². The van der Waals surface area contributed by atoms with Crippen molar-refractivity contribution in [1.82, 2.24) is 0 Å². The molecule has 0 aromatic carbocycles. The van der Waals surface area contributed by atoms with Crippen LogP contribution in [0.2, 0.25) is 0 Å². The average molecular weight is 378 g/mol. The lowest BCUT2D eigenvalue weighted by Crippen LogP contribution is -2.69. The quantitative estimate of drug-likeness (QED) is 0.651. The van der Waals surface area contributed by atoms with Crippen LogP contribution >= 0.6 is 0 Å². The number of ketones is 1. The van der Waals surface area contributed by atoms with Gasteiger partial charge in [0.15, 0.2) is 17.1 Å². The zero-order valence-electron chi connectivity index (χ0n) is 15.9. The molecule has 5 nitrogen and oxygen atoms in total. The molecule has 1 unspecified atom stereocenters. The summed E-state index contributed by atoms with van der Waals surface area (Å²) >= 11 is 0. The van der Waals surface area contributed by atoms with Crippen LogP contribution in [0.4, 0.5) is 4.39 Å². The number of hydrogen-bond acceptors (Lipinski definition) is 4. The highest BCUT2D eigenvalue weighted by atomic mass is 19.1. The van der Waals surface area contributed by atoms with Gasteiger partial charge in [0.05, 0.1) is 6.10 Å². The number of allylic oxidation sites excluding steroid dienone is 4. The predicted molar refractivity (Wildman–Crippen MR) is 95.5 cm³/mol. The van der Waals surface area contributed by atoms with E-state index in [0.717, 1.165) is 0 Å². The summed E-state index contributed by atoms with van der Waals surface area (Å²) in [5.41, 5.74) is -5.51. The van der Waals surface area contributed by atoms with Crippen LogP contribution in [0.25, 0.3) is 0 Å². The van der Waals surface area contributed by atoms with Crippen molar-refractivity contribution in [3.8, 4) is 0 Å². The molecule has 3 saturated carbocycles. The summed E-state index contributed by atoms with van der Waals surface area (Å²) < 4.78 is 16.8. The van der Waals surface area contributed by atoms with E-state index in [9.17, 15) is 24.9 Å². The van der Waals surface area contributed by atoms with E-state index in [0.29, 0.717) is 24.8 Å². The van der Waals surface area contributed by atoms with Crippen LogP contribution < -0.4 is 0 Å². The first kappa shape index (κ1) is 18.8. The predicted octanol–water partition coefficient (Wildman–Crippen LogP) is 2.42. The zero-order valence-corrected chi connectivity index (χ0v) is 15.9. The van der Waals surface area contributed by atoms with Crippen molar-refractivity contribution in [1.29, 1.82) is 0 Å². The van der Waals surface area contributed by atoms with Gasteiger partial charge in [-0.1, -0.05) is 25.5 Å². The molecule has 8 atom stereocenters. The molecule has 0 saturated heterocycles. The van der Waals surface area contributed by atoms with Crippen molar-refractivity contribution >= 4 is 11.8 Å². The topological polar surface area (TPSA) is 94.8 Å². The van der Waals surface area contributed by atoms with E-state index in [1.807, 2.05) is 0 Å². The number of carboxylic acids is 1. The second kappa shape index (κ2) is 5.29. The molecule has 0 aromatic heterocycles. The van der Waals surface area contributed by atoms with E-state index in [-0.39, 0.29) is 18.1 Å². The van der Waals surface area contributed by atoms with Gasteiger partial charge in [0, 0.05) is 16.7 Å². The Kier molecular flexibility index (Phi) is 3.69. The number of carbonyl (C=O) groups is 2. The second-order valence-corrected chi connectivity index (χ2v) is 9.47. The second-order valence-electron chi connectivity index (χ2n) is 9.47. The van der Waals surface area contributed by atoms with Crippen LogP contribution in [0.5, 0.6) is 0 Å². The lowest BCUT2D eigenvalue weighted by Gasteiger charge is -2.62. The van der Waals surface area contributed by atoms with Crippen LogP contribution in [-0.4, -0.2) is 44.4 Å². The summed E-state index contributed by atoms with van der Waals surface area (Å²) in [5.74, 6) is -2.94. The van der Waals surface area contributed by atoms with Gasteiger partial charge in [-0.25, -0.2) is 9.18 Å². The molecule has 0 heterocycles. The van der Waals surface area contributed by atoms with Crippen molar-refractivity contribution in [2.24, 2.45) is 28.6 Å². The Hall–Kier alpha value is -1.53. The molecule has 0 spiro atoms. The number of hydrogen-bond donors (Lipinski definition) is 3. The van der Waals surface area contributed by atoms with E-state index in [1.165, 1.54) is 12.2 Å². The van der Waals surface area contributed by atoms with Crippen molar-refractivity contribution < 1.29 is 29.3 Å². The number of rotatable bonds is 1. The molecule has 0 radical (unpaired) electrons. The van der Waals surface area contributed by atoms with Gasteiger partial charge in [-0.3, -0.25) is 4.79 Å². The van der Waals surface area contributed by atoms with Gasteiger partial charge in [-0.05, 0) is 56.6 Å². The van der Waals surface area contributed by atoms with E-state index >= 15 is 4.39 Å². The van der Waals surface area contributed by atoms with E-state index in [4.69, 9.17) is 0 Å².